The van der Waals surface area contributed by atoms with Gasteiger partial charge in [-0.15, -0.1) is 0 Å². The van der Waals surface area contributed by atoms with E-state index in [0.29, 0.717) is 37.1 Å². The predicted molar refractivity (Wildman–Crippen MR) is 94.8 cm³/mol. The first-order valence-electron chi connectivity index (χ1n) is 7.80. The molecule has 136 valence electrons. The fourth-order valence-electron chi connectivity index (χ4n) is 2.05. The summed E-state index contributed by atoms with van der Waals surface area (Å²) in [5.74, 6) is 1.04. The number of hydrogen-bond donors (Lipinski definition) is 1. The van der Waals surface area contributed by atoms with Gasteiger partial charge in [-0.2, -0.15) is 0 Å². The Morgan fingerprint density at radius 2 is 1.92 bits per heavy atom. The molecule has 7 nitrogen and oxygen atoms in total. The maximum atomic E-state index is 12.5. The minimum atomic E-state index is -3.73. The quantitative estimate of drug-likeness (QED) is 0.687. The van der Waals surface area contributed by atoms with E-state index in [2.05, 4.69) is 9.71 Å². The van der Waals surface area contributed by atoms with E-state index in [9.17, 15) is 8.42 Å². The molecular weight excluding hydrogens is 344 g/mol. The van der Waals surface area contributed by atoms with Crippen LogP contribution in [0, 0.1) is 6.92 Å². The van der Waals surface area contributed by atoms with Crippen LogP contribution in [0.2, 0.25) is 0 Å². The van der Waals surface area contributed by atoms with Gasteiger partial charge in [0.15, 0.2) is 0 Å². The van der Waals surface area contributed by atoms with E-state index in [1.165, 1.54) is 18.3 Å². The van der Waals surface area contributed by atoms with E-state index in [1.807, 2.05) is 6.92 Å². The lowest BCUT2D eigenvalue weighted by Gasteiger charge is -2.12. The van der Waals surface area contributed by atoms with Gasteiger partial charge >= 0.3 is 0 Å². The molecule has 0 spiro atoms. The Labute approximate surface area is 148 Å². The molecule has 0 aliphatic heterocycles. The molecule has 8 heteroatoms. The molecular formula is C17H22N2O5S. The second kappa shape index (κ2) is 8.68. The molecule has 0 atom stereocenters. The van der Waals surface area contributed by atoms with Crippen molar-refractivity contribution in [2.24, 2.45) is 0 Å². The molecule has 1 aromatic heterocycles. The number of aromatic nitrogens is 1. The average molecular weight is 366 g/mol. The topological polar surface area (TPSA) is 86.8 Å². The molecule has 0 fully saturated rings. The van der Waals surface area contributed by atoms with Crippen LogP contribution in [-0.4, -0.2) is 40.3 Å². The van der Waals surface area contributed by atoms with Crippen LogP contribution < -0.4 is 14.2 Å². The molecule has 2 aromatic rings. The number of nitrogens with one attached hydrogen (secondary N) is 1. The molecule has 1 aromatic carbocycles. The van der Waals surface area contributed by atoms with Gasteiger partial charge in [0.1, 0.15) is 17.3 Å². The summed E-state index contributed by atoms with van der Waals surface area (Å²) in [6, 6.07) is 8.12. The SMILES string of the molecule is CCOc1ccc(S(=O)(=O)Nc2ccc(OCCOC)cc2C)cn1. The normalized spacial score (nSPS) is 11.2. The summed E-state index contributed by atoms with van der Waals surface area (Å²) in [4.78, 5) is 4.05. The summed E-state index contributed by atoms with van der Waals surface area (Å²) in [6.45, 7) is 5.02. The molecule has 0 saturated heterocycles. The Morgan fingerprint density at radius 3 is 2.52 bits per heavy atom. The average Bonchev–Trinajstić information content (AvgIpc) is 2.58. The van der Waals surface area contributed by atoms with Crippen LogP contribution in [0.15, 0.2) is 41.4 Å². The van der Waals surface area contributed by atoms with Crippen molar-refractivity contribution >= 4 is 15.7 Å². The van der Waals surface area contributed by atoms with Gasteiger partial charge < -0.3 is 14.2 Å². The zero-order valence-corrected chi connectivity index (χ0v) is 15.3. The Hall–Kier alpha value is -2.32. The summed E-state index contributed by atoms with van der Waals surface area (Å²) in [5, 5.41) is 0. The first-order valence-corrected chi connectivity index (χ1v) is 9.28. The van der Waals surface area contributed by atoms with E-state index in [-0.39, 0.29) is 4.90 Å². The summed E-state index contributed by atoms with van der Waals surface area (Å²) in [6.07, 6.45) is 1.27. The standard InChI is InChI=1S/C17H22N2O5S/c1-4-23-17-8-6-15(12-18-17)25(20,21)19-16-7-5-14(11-13(16)2)24-10-9-22-3/h5-8,11-12,19H,4,9-10H2,1-3H3. The molecule has 0 bridgehead atoms. The maximum Gasteiger partial charge on any atom is 0.263 e. The second-order valence-corrected chi connectivity index (χ2v) is 6.87. The third kappa shape index (κ3) is 5.33. The lowest BCUT2D eigenvalue weighted by Crippen LogP contribution is -2.14. The summed E-state index contributed by atoms with van der Waals surface area (Å²) in [7, 11) is -2.13. The highest BCUT2D eigenvalue weighted by atomic mass is 32.2. The van der Waals surface area contributed by atoms with Crippen molar-refractivity contribution in [2.45, 2.75) is 18.7 Å². The van der Waals surface area contributed by atoms with E-state index in [4.69, 9.17) is 14.2 Å². The Kier molecular flexibility index (Phi) is 6.60. The molecule has 0 amide bonds. The van der Waals surface area contributed by atoms with Crippen molar-refractivity contribution < 1.29 is 22.6 Å². The molecule has 0 unspecified atom stereocenters. The number of ether oxygens (including phenoxy) is 3. The predicted octanol–water partition coefficient (Wildman–Crippen LogP) is 2.61. The van der Waals surface area contributed by atoms with E-state index in [0.717, 1.165) is 5.56 Å². The van der Waals surface area contributed by atoms with Crippen LogP contribution in [0.5, 0.6) is 11.6 Å². The number of sulfonamides is 1. The van der Waals surface area contributed by atoms with Gasteiger partial charge in [0.2, 0.25) is 5.88 Å². The summed E-state index contributed by atoms with van der Waals surface area (Å²) >= 11 is 0. The van der Waals surface area contributed by atoms with Gasteiger partial charge in [-0.05, 0) is 43.7 Å². The number of anilines is 1. The lowest BCUT2D eigenvalue weighted by atomic mass is 10.2. The lowest BCUT2D eigenvalue weighted by molar-refractivity contribution is 0.146. The van der Waals surface area contributed by atoms with Gasteiger partial charge in [0.25, 0.3) is 10.0 Å². The largest absolute Gasteiger partial charge is 0.491 e. The van der Waals surface area contributed by atoms with Gasteiger partial charge in [-0.1, -0.05) is 0 Å². The van der Waals surface area contributed by atoms with Crippen LogP contribution in [-0.2, 0) is 14.8 Å². The number of rotatable bonds is 9. The zero-order valence-electron chi connectivity index (χ0n) is 14.5. The van der Waals surface area contributed by atoms with Crippen molar-refractivity contribution in [1.82, 2.24) is 4.98 Å². The summed E-state index contributed by atoms with van der Waals surface area (Å²) < 4.78 is 43.2. The fourth-order valence-corrected chi connectivity index (χ4v) is 3.12. The van der Waals surface area contributed by atoms with Crippen molar-refractivity contribution in [3.63, 3.8) is 0 Å². The molecule has 25 heavy (non-hydrogen) atoms. The highest BCUT2D eigenvalue weighted by molar-refractivity contribution is 7.92. The van der Waals surface area contributed by atoms with Crippen molar-refractivity contribution in [3.05, 3.63) is 42.1 Å². The van der Waals surface area contributed by atoms with Gasteiger partial charge in [0, 0.05) is 13.2 Å². The van der Waals surface area contributed by atoms with Crippen LogP contribution >= 0.6 is 0 Å². The van der Waals surface area contributed by atoms with Crippen LogP contribution in [0.4, 0.5) is 5.69 Å². The van der Waals surface area contributed by atoms with Crippen molar-refractivity contribution in [3.8, 4) is 11.6 Å². The van der Waals surface area contributed by atoms with Crippen molar-refractivity contribution in [1.29, 1.82) is 0 Å². The molecule has 0 radical (unpaired) electrons. The minimum Gasteiger partial charge on any atom is -0.491 e. The number of hydrogen-bond acceptors (Lipinski definition) is 6. The third-order valence-electron chi connectivity index (χ3n) is 3.31. The zero-order chi connectivity index (χ0) is 18.3. The molecule has 2 rings (SSSR count). The summed E-state index contributed by atoms with van der Waals surface area (Å²) in [5.41, 5.74) is 1.23. The highest BCUT2D eigenvalue weighted by Crippen LogP contribution is 2.24. The Morgan fingerprint density at radius 1 is 1.12 bits per heavy atom. The van der Waals surface area contributed by atoms with Crippen molar-refractivity contribution in [2.75, 3.05) is 31.7 Å². The van der Waals surface area contributed by atoms with Gasteiger partial charge in [-0.25, -0.2) is 13.4 Å². The highest BCUT2D eigenvalue weighted by Gasteiger charge is 2.16. The van der Waals surface area contributed by atoms with Gasteiger partial charge in [0.05, 0.1) is 25.1 Å². The van der Waals surface area contributed by atoms with Crippen LogP contribution in [0.3, 0.4) is 0 Å². The smallest absolute Gasteiger partial charge is 0.263 e. The number of nitrogens with zero attached hydrogens (tertiary/aromatic N) is 1. The minimum absolute atomic E-state index is 0.0655. The second-order valence-electron chi connectivity index (χ2n) is 5.19. The first kappa shape index (κ1) is 19.0. The molecule has 0 aliphatic carbocycles. The first-order chi connectivity index (χ1) is 12.0. The number of aryl methyl sites for hydroxylation is 1. The van der Waals surface area contributed by atoms with E-state index in [1.54, 1.807) is 32.2 Å². The molecule has 0 aliphatic rings. The molecule has 0 saturated carbocycles. The van der Waals surface area contributed by atoms with Crippen LogP contribution in [0.25, 0.3) is 0 Å². The van der Waals surface area contributed by atoms with Gasteiger partial charge in [-0.3, -0.25) is 4.72 Å². The number of pyridine rings is 1. The fraction of sp³-hybridized carbons (Fsp3) is 0.353. The van der Waals surface area contributed by atoms with E-state index < -0.39 is 10.0 Å². The third-order valence-corrected chi connectivity index (χ3v) is 4.66. The monoisotopic (exact) mass is 366 g/mol. The van der Waals surface area contributed by atoms with E-state index >= 15 is 0 Å². The molecule has 1 N–H and O–H groups in total. The Bertz CT molecular complexity index is 791. The maximum absolute atomic E-state index is 12.5. The van der Waals surface area contributed by atoms with Crippen LogP contribution in [0.1, 0.15) is 12.5 Å². The number of methoxy groups -OCH3 is 1. The molecule has 1 heterocycles. The number of benzene rings is 1. The Balaban J connectivity index is 2.11.